The number of hydrogen-bond acceptors (Lipinski definition) is 2. The summed E-state index contributed by atoms with van der Waals surface area (Å²) in [6.45, 7) is 4.93. The molecule has 0 aromatic heterocycles. The van der Waals surface area contributed by atoms with Gasteiger partial charge in [-0.2, -0.15) is 13.2 Å². The van der Waals surface area contributed by atoms with E-state index in [1.165, 1.54) is 12.8 Å². The van der Waals surface area contributed by atoms with Crippen LogP contribution in [0.1, 0.15) is 46.5 Å². The Hall–Kier alpha value is -0.780. The molecule has 6 heteroatoms. The minimum absolute atomic E-state index is 0.0292. The fourth-order valence-corrected chi connectivity index (χ4v) is 3.03. The van der Waals surface area contributed by atoms with E-state index in [4.69, 9.17) is 0 Å². The first-order valence-corrected chi connectivity index (χ1v) is 8.27. The van der Waals surface area contributed by atoms with E-state index in [0.29, 0.717) is 18.0 Å². The third-order valence-corrected chi connectivity index (χ3v) is 4.47. The second kappa shape index (κ2) is 6.77. The van der Waals surface area contributed by atoms with Gasteiger partial charge in [-0.05, 0) is 44.4 Å². The molecule has 1 amide bonds. The van der Waals surface area contributed by atoms with Crippen LogP contribution in [0.15, 0.2) is 0 Å². The Balaban J connectivity index is 1.98. The van der Waals surface area contributed by atoms with Gasteiger partial charge in [-0.1, -0.05) is 13.8 Å². The Morgan fingerprint density at radius 3 is 2.14 bits per heavy atom. The fraction of sp³-hybridized carbons (Fsp3) is 0.938. The molecule has 2 rings (SSSR count). The molecular formula is C16H27F3N2O. The minimum Gasteiger partial charge on any atom is -0.332 e. The van der Waals surface area contributed by atoms with Crippen molar-refractivity contribution in [1.29, 1.82) is 0 Å². The zero-order chi connectivity index (χ0) is 16.5. The van der Waals surface area contributed by atoms with Gasteiger partial charge in [0, 0.05) is 18.6 Å². The smallest absolute Gasteiger partial charge is 0.332 e. The lowest BCUT2D eigenvalue weighted by Gasteiger charge is -2.32. The van der Waals surface area contributed by atoms with Gasteiger partial charge in [-0.25, -0.2) is 0 Å². The molecule has 0 bridgehead atoms. The number of nitrogens with zero attached hydrogens (tertiary/aromatic N) is 2. The van der Waals surface area contributed by atoms with Crippen molar-refractivity contribution in [1.82, 2.24) is 9.80 Å². The molecule has 0 aromatic rings. The molecule has 0 aromatic carbocycles. The molecule has 0 radical (unpaired) electrons. The third-order valence-electron chi connectivity index (χ3n) is 4.47. The topological polar surface area (TPSA) is 23.6 Å². The number of amides is 1. The van der Waals surface area contributed by atoms with Gasteiger partial charge in [0.2, 0.25) is 5.91 Å². The lowest BCUT2D eigenvalue weighted by atomic mass is 10.1. The fourth-order valence-electron chi connectivity index (χ4n) is 3.03. The molecule has 0 N–H and O–H groups in total. The zero-order valence-electron chi connectivity index (χ0n) is 13.7. The highest BCUT2D eigenvalue weighted by Gasteiger charge is 2.41. The van der Waals surface area contributed by atoms with Crippen LogP contribution in [0.4, 0.5) is 13.2 Å². The van der Waals surface area contributed by atoms with E-state index in [1.807, 2.05) is 13.8 Å². The van der Waals surface area contributed by atoms with E-state index in [1.54, 1.807) is 0 Å². The summed E-state index contributed by atoms with van der Waals surface area (Å²) in [4.78, 5) is 15.6. The molecule has 2 aliphatic rings. The van der Waals surface area contributed by atoms with Crippen LogP contribution in [0.5, 0.6) is 0 Å². The molecule has 0 aliphatic heterocycles. The average Bonchev–Trinajstić information content (AvgIpc) is 3.25. The van der Waals surface area contributed by atoms with Gasteiger partial charge in [0.05, 0.1) is 6.54 Å². The van der Waals surface area contributed by atoms with Crippen LogP contribution in [0.2, 0.25) is 0 Å². The van der Waals surface area contributed by atoms with E-state index in [9.17, 15) is 18.0 Å². The predicted octanol–water partition coefficient (Wildman–Crippen LogP) is 3.30. The molecule has 0 saturated heterocycles. The van der Waals surface area contributed by atoms with Crippen molar-refractivity contribution in [2.75, 3.05) is 19.6 Å². The van der Waals surface area contributed by atoms with Gasteiger partial charge >= 0.3 is 6.18 Å². The summed E-state index contributed by atoms with van der Waals surface area (Å²) < 4.78 is 38.1. The summed E-state index contributed by atoms with van der Waals surface area (Å²) >= 11 is 0. The van der Waals surface area contributed by atoms with Crippen molar-refractivity contribution in [3.8, 4) is 0 Å². The van der Waals surface area contributed by atoms with E-state index in [0.717, 1.165) is 17.7 Å². The van der Waals surface area contributed by atoms with Gasteiger partial charge in [0.15, 0.2) is 0 Å². The number of rotatable bonds is 8. The molecular weight excluding hydrogens is 293 g/mol. The third kappa shape index (κ3) is 5.45. The maximum absolute atomic E-state index is 12.7. The van der Waals surface area contributed by atoms with Crippen molar-refractivity contribution >= 4 is 5.91 Å². The second-order valence-corrected chi connectivity index (χ2v) is 7.26. The van der Waals surface area contributed by atoms with Crippen molar-refractivity contribution in [2.24, 2.45) is 11.8 Å². The quantitative estimate of drug-likeness (QED) is 0.685. The summed E-state index contributed by atoms with van der Waals surface area (Å²) in [5, 5.41) is 0. The first kappa shape index (κ1) is 17.6. The van der Waals surface area contributed by atoms with Crippen molar-refractivity contribution in [3.05, 3.63) is 0 Å². The van der Waals surface area contributed by atoms with Crippen LogP contribution in [-0.4, -0.2) is 53.6 Å². The highest BCUT2D eigenvalue weighted by Crippen LogP contribution is 2.39. The number of halogens is 3. The van der Waals surface area contributed by atoms with E-state index < -0.39 is 12.7 Å². The zero-order valence-corrected chi connectivity index (χ0v) is 13.7. The molecule has 2 saturated carbocycles. The molecule has 128 valence electrons. The van der Waals surface area contributed by atoms with Crippen LogP contribution in [0.3, 0.4) is 0 Å². The molecule has 1 unspecified atom stereocenters. The first-order chi connectivity index (χ1) is 10.2. The summed E-state index contributed by atoms with van der Waals surface area (Å²) in [6.07, 6.45) is 0.145. The molecule has 2 aliphatic carbocycles. The van der Waals surface area contributed by atoms with Crippen LogP contribution in [-0.2, 0) is 4.79 Å². The average molecular weight is 320 g/mol. The van der Waals surface area contributed by atoms with E-state index in [2.05, 4.69) is 11.8 Å². The van der Waals surface area contributed by atoms with Gasteiger partial charge in [0.1, 0.15) is 6.54 Å². The largest absolute Gasteiger partial charge is 0.406 e. The van der Waals surface area contributed by atoms with Gasteiger partial charge < -0.3 is 4.90 Å². The van der Waals surface area contributed by atoms with Gasteiger partial charge in [0.25, 0.3) is 0 Å². The van der Waals surface area contributed by atoms with Crippen molar-refractivity contribution in [2.45, 2.75) is 64.7 Å². The van der Waals surface area contributed by atoms with Crippen LogP contribution in [0.25, 0.3) is 0 Å². The maximum atomic E-state index is 12.7. The molecule has 2 fully saturated rings. The SMILES string of the molecule is CC(C)CN(CC(F)(F)F)C(=O)CN(C1CC1)C(C)C1CC1. The Kier molecular flexibility index (Phi) is 5.41. The van der Waals surface area contributed by atoms with Crippen molar-refractivity contribution < 1.29 is 18.0 Å². The van der Waals surface area contributed by atoms with Gasteiger partial charge in [-0.3, -0.25) is 9.69 Å². The Morgan fingerprint density at radius 2 is 1.73 bits per heavy atom. The van der Waals surface area contributed by atoms with Gasteiger partial charge in [-0.15, -0.1) is 0 Å². The summed E-state index contributed by atoms with van der Waals surface area (Å²) in [7, 11) is 0. The summed E-state index contributed by atoms with van der Waals surface area (Å²) in [5.41, 5.74) is 0. The van der Waals surface area contributed by atoms with Crippen molar-refractivity contribution in [3.63, 3.8) is 0 Å². The maximum Gasteiger partial charge on any atom is 0.406 e. The minimum atomic E-state index is -4.34. The molecule has 3 nitrogen and oxygen atoms in total. The number of carbonyl (C=O) groups is 1. The Morgan fingerprint density at radius 1 is 1.14 bits per heavy atom. The Labute approximate surface area is 130 Å². The molecule has 1 atom stereocenters. The lowest BCUT2D eigenvalue weighted by molar-refractivity contribution is -0.163. The number of hydrogen-bond donors (Lipinski definition) is 0. The Bertz CT molecular complexity index is 389. The number of alkyl halides is 3. The summed E-state index contributed by atoms with van der Waals surface area (Å²) in [6, 6.07) is 0.703. The normalized spacial score (nSPS) is 20.5. The highest BCUT2D eigenvalue weighted by molar-refractivity contribution is 5.78. The monoisotopic (exact) mass is 320 g/mol. The van der Waals surface area contributed by atoms with E-state index >= 15 is 0 Å². The standard InChI is InChI=1S/C16H27F3N2O/c1-11(2)8-20(10-16(17,18)19)15(22)9-21(14-6-7-14)12(3)13-4-5-13/h11-14H,4-10H2,1-3H3. The predicted molar refractivity (Wildman–Crippen MR) is 79.4 cm³/mol. The van der Waals surface area contributed by atoms with Crippen LogP contribution >= 0.6 is 0 Å². The summed E-state index contributed by atoms with van der Waals surface area (Å²) in [5.74, 6) is 0.265. The second-order valence-electron chi connectivity index (χ2n) is 7.26. The lowest BCUT2D eigenvalue weighted by Crippen LogP contribution is -2.48. The van der Waals surface area contributed by atoms with E-state index in [-0.39, 0.29) is 24.9 Å². The highest BCUT2D eigenvalue weighted by atomic mass is 19.4. The molecule has 0 heterocycles. The van der Waals surface area contributed by atoms with Crippen LogP contribution < -0.4 is 0 Å². The first-order valence-electron chi connectivity index (χ1n) is 8.27. The van der Waals surface area contributed by atoms with Crippen LogP contribution in [0, 0.1) is 11.8 Å². The molecule has 22 heavy (non-hydrogen) atoms. The number of carbonyl (C=O) groups excluding carboxylic acids is 1. The molecule has 0 spiro atoms.